The van der Waals surface area contributed by atoms with Crippen LogP contribution in [-0.4, -0.2) is 31.5 Å². The Bertz CT molecular complexity index is 1330. The maximum absolute atomic E-state index is 13.1. The molecule has 0 spiro atoms. The van der Waals surface area contributed by atoms with E-state index in [4.69, 9.17) is 4.98 Å². The van der Waals surface area contributed by atoms with Crippen LogP contribution >= 0.6 is 0 Å². The van der Waals surface area contributed by atoms with Gasteiger partial charge in [0.25, 0.3) is 5.56 Å². The third-order valence-electron chi connectivity index (χ3n) is 6.72. The lowest BCUT2D eigenvalue weighted by atomic mass is 9.85. The van der Waals surface area contributed by atoms with Gasteiger partial charge in [-0.25, -0.2) is 4.98 Å². The molecule has 0 atom stereocenters. The molecule has 7 heteroatoms. The van der Waals surface area contributed by atoms with Crippen molar-refractivity contribution in [1.82, 2.24) is 24.3 Å². The molecule has 0 unspecified atom stereocenters. The van der Waals surface area contributed by atoms with Gasteiger partial charge in [-0.3, -0.25) is 9.78 Å². The van der Waals surface area contributed by atoms with Gasteiger partial charge in [-0.1, -0.05) is 12.5 Å². The minimum absolute atomic E-state index is 0.0348. The van der Waals surface area contributed by atoms with Gasteiger partial charge >= 0.3 is 0 Å². The fourth-order valence-corrected chi connectivity index (χ4v) is 4.46. The van der Waals surface area contributed by atoms with Crippen LogP contribution in [0, 0.1) is 5.92 Å². The van der Waals surface area contributed by atoms with Gasteiger partial charge in [-0.05, 0) is 55.8 Å². The van der Waals surface area contributed by atoms with E-state index in [9.17, 15) is 4.79 Å². The highest BCUT2D eigenvalue weighted by Crippen LogP contribution is 2.28. The van der Waals surface area contributed by atoms with Gasteiger partial charge in [0.2, 0.25) is 0 Å². The largest absolute Gasteiger partial charge is 0.381 e. The lowest BCUT2D eigenvalue weighted by Crippen LogP contribution is -2.26. The van der Waals surface area contributed by atoms with Crippen molar-refractivity contribution in [3.05, 3.63) is 70.8 Å². The summed E-state index contributed by atoms with van der Waals surface area (Å²) in [5.41, 5.74) is 3.92. The molecule has 0 aliphatic heterocycles. The van der Waals surface area contributed by atoms with E-state index in [2.05, 4.69) is 32.3 Å². The Labute approximate surface area is 186 Å². The quantitative estimate of drug-likeness (QED) is 0.449. The highest BCUT2D eigenvalue weighted by atomic mass is 16.1. The second-order valence-electron chi connectivity index (χ2n) is 9.28. The molecule has 6 rings (SSSR count). The Morgan fingerprint density at radius 1 is 1.03 bits per heavy atom. The van der Waals surface area contributed by atoms with Crippen LogP contribution in [0.4, 0.5) is 5.69 Å². The molecule has 4 aromatic rings. The van der Waals surface area contributed by atoms with Gasteiger partial charge in [-0.2, -0.15) is 0 Å². The van der Waals surface area contributed by atoms with Crippen molar-refractivity contribution >= 4 is 22.1 Å². The molecule has 164 valence electrons. The SMILES string of the molecule is O=c1c2cncc(NC3CC3)c2ccn1Cc1cn2cc(CNCC3CCC3)ccc2n1. The Kier molecular flexibility index (Phi) is 4.91. The lowest BCUT2D eigenvalue weighted by Gasteiger charge is -2.25. The van der Waals surface area contributed by atoms with Crippen molar-refractivity contribution < 1.29 is 0 Å². The zero-order chi connectivity index (χ0) is 21.5. The third kappa shape index (κ3) is 3.88. The number of aromatic nitrogens is 4. The van der Waals surface area contributed by atoms with Crippen LogP contribution in [0.5, 0.6) is 0 Å². The summed E-state index contributed by atoms with van der Waals surface area (Å²) < 4.78 is 3.77. The van der Waals surface area contributed by atoms with E-state index in [0.717, 1.165) is 41.4 Å². The molecule has 0 amide bonds. The summed E-state index contributed by atoms with van der Waals surface area (Å²) in [5, 5.41) is 8.62. The molecule has 32 heavy (non-hydrogen) atoms. The highest BCUT2D eigenvalue weighted by Gasteiger charge is 2.22. The van der Waals surface area contributed by atoms with Crippen molar-refractivity contribution in [3.63, 3.8) is 0 Å². The van der Waals surface area contributed by atoms with Crippen LogP contribution in [0.3, 0.4) is 0 Å². The predicted octanol–water partition coefficient (Wildman–Crippen LogP) is 3.56. The second kappa shape index (κ2) is 8.06. The monoisotopic (exact) mass is 428 g/mol. The van der Waals surface area contributed by atoms with E-state index < -0.39 is 0 Å². The zero-order valence-electron chi connectivity index (χ0n) is 18.1. The van der Waals surface area contributed by atoms with Crippen LogP contribution in [0.15, 0.2) is 54.0 Å². The molecule has 4 aromatic heterocycles. The maximum atomic E-state index is 13.1. The van der Waals surface area contributed by atoms with E-state index >= 15 is 0 Å². The summed E-state index contributed by atoms with van der Waals surface area (Å²) in [7, 11) is 0. The van der Waals surface area contributed by atoms with Gasteiger partial charge < -0.3 is 19.6 Å². The van der Waals surface area contributed by atoms with E-state index in [1.54, 1.807) is 10.8 Å². The zero-order valence-corrected chi connectivity index (χ0v) is 18.1. The Morgan fingerprint density at radius 3 is 2.75 bits per heavy atom. The highest BCUT2D eigenvalue weighted by molar-refractivity contribution is 5.92. The molecule has 2 saturated carbocycles. The maximum Gasteiger partial charge on any atom is 0.260 e. The number of nitrogens with one attached hydrogen (secondary N) is 2. The summed E-state index contributed by atoms with van der Waals surface area (Å²) in [6.45, 7) is 2.41. The Hall–Kier alpha value is -3.19. The predicted molar refractivity (Wildman–Crippen MR) is 126 cm³/mol. The van der Waals surface area contributed by atoms with E-state index in [1.807, 2.05) is 30.7 Å². The molecule has 2 aliphatic rings. The van der Waals surface area contributed by atoms with Crippen LogP contribution in [0.1, 0.15) is 43.4 Å². The minimum atomic E-state index is -0.0348. The molecule has 2 N–H and O–H groups in total. The van der Waals surface area contributed by atoms with Crippen LogP contribution < -0.4 is 16.2 Å². The molecule has 2 aliphatic carbocycles. The molecule has 2 fully saturated rings. The van der Waals surface area contributed by atoms with Crippen molar-refractivity contribution in [2.75, 3.05) is 11.9 Å². The van der Waals surface area contributed by atoms with Crippen molar-refractivity contribution in [2.24, 2.45) is 5.92 Å². The minimum Gasteiger partial charge on any atom is -0.381 e. The van der Waals surface area contributed by atoms with E-state index in [1.165, 1.54) is 37.7 Å². The van der Waals surface area contributed by atoms with Gasteiger partial charge in [0.15, 0.2) is 0 Å². The number of imidazole rings is 1. The Balaban J connectivity index is 1.21. The standard InChI is InChI=1S/C25H28N6O/c32-25-22-12-27-13-23(28-19-5-6-19)21(22)8-9-30(25)15-20-16-31-14-18(4-7-24(31)29-20)11-26-10-17-2-1-3-17/h4,7-9,12-14,16-17,19,26,28H,1-3,5-6,10-11,15H2. The summed E-state index contributed by atoms with van der Waals surface area (Å²) in [4.78, 5) is 22.1. The molecule has 0 bridgehead atoms. The van der Waals surface area contributed by atoms with Crippen molar-refractivity contribution in [2.45, 2.75) is 51.2 Å². The number of anilines is 1. The summed E-state index contributed by atoms with van der Waals surface area (Å²) in [6.07, 6.45) is 15.9. The molecule has 0 radical (unpaired) electrons. The fourth-order valence-electron chi connectivity index (χ4n) is 4.46. The number of rotatable bonds is 8. The van der Waals surface area contributed by atoms with Gasteiger partial charge in [0.1, 0.15) is 5.65 Å². The first-order valence-electron chi connectivity index (χ1n) is 11.6. The first kappa shape index (κ1) is 19.5. The summed E-state index contributed by atoms with van der Waals surface area (Å²) in [5.74, 6) is 0.856. The Morgan fingerprint density at radius 2 is 1.94 bits per heavy atom. The summed E-state index contributed by atoms with van der Waals surface area (Å²) >= 11 is 0. The molecule has 0 aromatic carbocycles. The van der Waals surface area contributed by atoms with Crippen molar-refractivity contribution in [1.29, 1.82) is 0 Å². The van der Waals surface area contributed by atoms with E-state index in [-0.39, 0.29) is 5.56 Å². The number of nitrogens with zero attached hydrogens (tertiary/aromatic N) is 4. The number of hydrogen-bond acceptors (Lipinski definition) is 5. The number of fused-ring (bicyclic) bond motifs is 2. The first-order valence-corrected chi connectivity index (χ1v) is 11.6. The van der Waals surface area contributed by atoms with Crippen LogP contribution in [0.2, 0.25) is 0 Å². The smallest absolute Gasteiger partial charge is 0.260 e. The molecule has 7 nitrogen and oxygen atoms in total. The summed E-state index contributed by atoms with van der Waals surface area (Å²) in [6, 6.07) is 6.70. The van der Waals surface area contributed by atoms with Crippen molar-refractivity contribution in [3.8, 4) is 0 Å². The normalized spacial score (nSPS) is 16.5. The van der Waals surface area contributed by atoms with Gasteiger partial charge in [0, 0.05) is 42.8 Å². The van der Waals surface area contributed by atoms with Crippen LogP contribution in [0.25, 0.3) is 16.4 Å². The first-order chi connectivity index (χ1) is 15.7. The van der Waals surface area contributed by atoms with Gasteiger partial charge in [-0.15, -0.1) is 0 Å². The average Bonchev–Trinajstić information content (AvgIpc) is 3.49. The van der Waals surface area contributed by atoms with Gasteiger partial charge in [0.05, 0.1) is 29.5 Å². The topological polar surface area (TPSA) is 76.2 Å². The van der Waals surface area contributed by atoms with E-state index in [0.29, 0.717) is 18.0 Å². The molecule has 0 saturated heterocycles. The lowest BCUT2D eigenvalue weighted by molar-refractivity contribution is 0.301. The molecular formula is C25H28N6O. The molecule has 4 heterocycles. The average molecular weight is 429 g/mol. The van der Waals surface area contributed by atoms with Crippen LogP contribution in [-0.2, 0) is 13.1 Å². The fraction of sp³-hybridized carbons (Fsp3) is 0.400. The third-order valence-corrected chi connectivity index (χ3v) is 6.72. The second-order valence-corrected chi connectivity index (χ2v) is 9.28. The number of hydrogen-bond donors (Lipinski definition) is 2. The number of pyridine rings is 3. The molecular weight excluding hydrogens is 400 g/mol.